The van der Waals surface area contributed by atoms with Crippen LogP contribution in [0.5, 0.6) is 0 Å². The molecular formula is C15H21N3O6. The van der Waals surface area contributed by atoms with Crippen molar-refractivity contribution in [1.29, 1.82) is 0 Å². The van der Waals surface area contributed by atoms with Gasteiger partial charge in [-0.05, 0) is 20.8 Å². The fourth-order valence-corrected chi connectivity index (χ4v) is 2.96. The minimum absolute atomic E-state index is 0.0173. The molecule has 1 aromatic heterocycles. The van der Waals surface area contributed by atoms with E-state index in [1.807, 2.05) is 20.8 Å². The van der Waals surface area contributed by atoms with Gasteiger partial charge in [0, 0.05) is 0 Å². The molecule has 0 saturated carbocycles. The first-order valence-corrected chi connectivity index (χ1v) is 8.27. The van der Waals surface area contributed by atoms with Crippen LogP contribution in [0.1, 0.15) is 20.8 Å². The maximum Gasteiger partial charge on any atom is 0.336 e. The molecule has 0 radical (unpaired) electrons. The lowest BCUT2D eigenvalue weighted by atomic mass is 10.3. The Labute approximate surface area is 137 Å². The van der Waals surface area contributed by atoms with Crippen LogP contribution >= 0.6 is 0 Å². The van der Waals surface area contributed by atoms with Crippen molar-refractivity contribution in [3.63, 3.8) is 0 Å². The first-order valence-electron chi connectivity index (χ1n) is 8.27. The lowest BCUT2D eigenvalue weighted by Gasteiger charge is -2.12. The van der Waals surface area contributed by atoms with E-state index in [4.69, 9.17) is 14.2 Å². The van der Waals surface area contributed by atoms with Crippen molar-refractivity contribution >= 4 is 0 Å². The maximum absolute atomic E-state index is 12.6. The van der Waals surface area contributed by atoms with Crippen molar-refractivity contribution in [3.05, 3.63) is 31.5 Å². The van der Waals surface area contributed by atoms with Crippen molar-refractivity contribution < 1.29 is 14.2 Å². The van der Waals surface area contributed by atoms with Gasteiger partial charge in [-0.3, -0.25) is 0 Å². The third kappa shape index (κ3) is 2.76. The van der Waals surface area contributed by atoms with Crippen LogP contribution in [0.15, 0.2) is 14.4 Å². The number of rotatable bonds is 6. The van der Waals surface area contributed by atoms with E-state index in [-0.39, 0.29) is 56.3 Å². The molecule has 0 spiro atoms. The third-order valence-corrected chi connectivity index (χ3v) is 4.98. The molecule has 9 heteroatoms. The van der Waals surface area contributed by atoms with Gasteiger partial charge in [0.25, 0.3) is 0 Å². The van der Waals surface area contributed by atoms with Crippen LogP contribution in [-0.2, 0) is 33.8 Å². The van der Waals surface area contributed by atoms with Gasteiger partial charge in [-0.1, -0.05) is 0 Å². The molecule has 9 nitrogen and oxygen atoms in total. The molecule has 3 saturated heterocycles. The van der Waals surface area contributed by atoms with Gasteiger partial charge >= 0.3 is 17.1 Å². The summed E-state index contributed by atoms with van der Waals surface area (Å²) in [6.45, 7) is 6.10. The second-order valence-corrected chi connectivity index (χ2v) is 6.82. The number of hydrogen-bond donors (Lipinski definition) is 0. The summed E-state index contributed by atoms with van der Waals surface area (Å²) in [4.78, 5) is 37.9. The molecule has 0 aromatic carbocycles. The van der Waals surface area contributed by atoms with Gasteiger partial charge in [-0.15, -0.1) is 0 Å². The highest BCUT2D eigenvalue weighted by Gasteiger charge is 2.39. The third-order valence-electron chi connectivity index (χ3n) is 4.98. The number of hydrogen-bond acceptors (Lipinski definition) is 6. The van der Waals surface area contributed by atoms with E-state index in [0.717, 1.165) is 13.7 Å². The van der Waals surface area contributed by atoms with E-state index in [2.05, 4.69) is 0 Å². The molecular weight excluding hydrogens is 318 g/mol. The van der Waals surface area contributed by atoms with E-state index < -0.39 is 17.1 Å². The molecule has 0 bridgehead atoms. The highest BCUT2D eigenvalue weighted by atomic mass is 16.6. The molecule has 1 aromatic rings. The van der Waals surface area contributed by atoms with Crippen LogP contribution in [0.4, 0.5) is 0 Å². The maximum atomic E-state index is 12.6. The number of ether oxygens (including phenoxy) is 3. The second kappa shape index (κ2) is 5.40. The van der Waals surface area contributed by atoms with Gasteiger partial charge in [0.1, 0.15) is 18.3 Å². The molecule has 0 aliphatic carbocycles. The predicted molar refractivity (Wildman–Crippen MR) is 82.2 cm³/mol. The Morgan fingerprint density at radius 3 is 1.00 bits per heavy atom. The first kappa shape index (κ1) is 15.8. The van der Waals surface area contributed by atoms with Crippen LogP contribution in [0.2, 0.25) is 0 Å². The Morgan fingerprint density at radius 2 is 0.833 bits per heavy atom. The van der Waals surface area contributed by atoms with Crippen LogP contribution in [0.25, 0.3) is 0 Å². The van der Waals surface area contributed by atoms with Crippen LogP contribution < -0.4 is 17.1 Å². The Balaban J connectivity index is 1.75. The van der Waals surface area contributed by atoms with Gasteiger partial charge in [0.05, 0.1) is 37.9 Å². The predicted octanol–water partition coefficient (Wildman–Crippen LogP) is -1.47. The largest absolute Gasteiger partial charge is 0.368 e. The summed E-state index contributed by atoms with van der Waals surface area (Å²) in [6.07, 6.45) is -0.442. The summed E-state index contributed by atoms with van der Waals surface area (Å²) in [5, 5.41) is 0. The topological polar surface area (TPSA) is 104 Å². The Hall–Kier alpha value is -1.71. The number of nitrogens with zero attached hydrogens (tertiary/aromatic N) is 3. The Kier molecular flexibility index (Phi) is 3.55. The van der Waals surface area contributed by atoms with E-state index in [9.17, 15) is 14.4 Å². The first-order chi connectivity index (χ1) is 11.4. The van der Waals surface area contributed by atoms with Gasteiger partial charge in [0.2, 0.25) is 0 Å². The fraction of sp³-hybridized carbons (Fsp3) is 0.800. The minimum Gasteiger partial charge on any atom is -0.368 e. The minimum atomic E-state index is -0.601. The van der Waals surface area contributed by atoms with Gasteiger partial charge in [-0.25, -0.2) is 28.1 Å². The Morgan fingerprint density at radius 1 is 0.625 bits per heavy atom. The number of epoxide rings is 3. The van der Waals surface area contributed by atoms with Crippen molar-refractivity contribution in [1.82, 2.24) is 13.7 Å². The molecule has 6 unspecified atom stereocenters. The van der Waals surface area contributed by atoms with Crippen LogP contribution in [0, 0.1) is 0 Å². The Bertz CT molecular complexity index is 699. The normalized spacial score (nSPS) is 36.6. The lowest BCUT2D eigenvalue weighted by Crippen LogP contribution is -2.56. The summed E-state index contributed by atoms with van der Waals surface area (Å²) in [5.74, 6) is 0. The molecule has 0 amide bonds. The molecule has 4 rings (SSSR count). The van der Waals surface area contributed by atoms with Gasteiger partial charge in [0.15, 0.2) is 0 Å². The van der Waals surface area contributed by atoms with E-state index in [0.29, 0.717) is 0 Å². The zero-order chi connectivity index (χ0) is 17.2. The zero-order valence-electron chi connectivity index (χ0n) is 13.9. The SMILES string of the molecule is CC1OC1Cn1c(=O)n(CC2OC2C)c(=O)n(CC2OC2C)c1=O. The van der Waals surface area contributed by atoms with E-state index in [1.165, 1.54) is 0 Å². The van der Waals surface area contributed by atoms with Gasteiger partial charge in [-0.2, -0.15) is 0 Å². The molecule has 3 aliphatic heterocycles. The highest BCUT2D eigenvalue weighted by Crippen LogP contribution is 2.23. The molecule has 24 heavy (non-hydrogen) atoms. The quantitative estimate of drug-likeness (QED) is 0.587. The van der Waals surface area contributed by atoms with Crippen molar-refractivity contribution in [2.75, 3.05) is 0 Å². The van der Waals surface area contributed by atoms with E-state index >= 15 is 0 Å². The standard InChI is InChI=1S/C15H21N3O6/c1-7-10(22-7)4-16-13(19)17(5-11-8(2)23-11)15(21)18(14(16)20)6-12-9(3)24-12/h7-12H,4-6H2,1-3H3. The van der Waals surface area contributed by atoms with Crippen molar-refractivity contribution in [3.8, 4) is 0 Å². The summed E-state index contributed by atoms with van der Waals surface area (Å²) >= 11 is 0. The van der Waals surface area contributed by atoms with Crippen molar-refractivity contribution in [2.45, 2.75) is 77.0 Å². The molecule has 4 heterocycles. The summed E-state index contributed by atoms with van der Waals surface area (Å²) in [5.41, 5.74) is -1.80. The summed E-state index contributed by atoms with van der Waals surface area (Å²) < 4.78 is 19.2. The zero-order valence-corrected chi connectivity index (χ0v) is 13.9. The average molecular weight is 339 g/mol. The van der Waals surface area contributed by atoms with Crippen LogP contribution in [-0.4, -0.2) is 50.3 Å². The lowest BCUT2D eigenvalue weighted by molar-refractivity contribution is 0.318. The summed E-state index contributed by atoms with van der Waals surface area (Å²) in [6, 6.07) is 0. The molecule has 0 N–H and O–H groups in total. The number of aromatic nitrogens is 3. The van der Waals surface area contributed by atoms with E-state index in [1.54, 1.807) is 0 Å². The molecule has 132 valence electrons. The average Bonchev–Trinajstić information content (AvgIpc) is 3.46. The molecule has 3 aliphatic rings. The van der Waals surface area contributed by atoms with Crippen molar-refractivity contribution in [2.24, 2.45) is 0 Å². The fourth-order valence-electron chi connectivity index (χ4n) is 2.96. The van der Waals surface area contributed by atoms with Crippen LogP contribution in [0.3, 0.4) is 0 Å². The van der Waals surface area contributed by atoms with Gasteiger partial charge < -0.3 is 14.2 Å². The highest BCUT2D eigenvalue weighted by molar-refractivity contribution is 4.90. The smallest absolute Gasteiger partial charge is 0.336 e. The molecule has 3 fully saturated rings. The monoisotopic (exact) mass is 339 g/mol. The summed E-state index contributed by atoms with van der Waals surface area (Å²) in [7, 11) is 0. The molecule has 6 atom stereocenters. The second-order valence-electron chi connectivity index (χ2n) is 6.82.